The molecule has 1 atom stereocenters. The minimum Gasteiger partial charge on any atom is -0.480 e. The lowest BCUT2D eigenvalue weighted by Gasteiger charge is -2.30. The molecule has 0 aromatic carbocycles. The Labute approximate surface area is 108 Å². The molecular weight excluding hydrogens is 234 g/mol. The first-order chi connectivity index (χ1) is 8.40. The van der Waals surface area contributed by atoms with Gasteiger partial charge in [0, 0.05) is 19.1 Å². The van der Waals surface area contributed by atoms with Gasteiger partial charge in [-0.1, -0.05) is 13.8 Å². The van der Waals surface area contributed by atoms with E-state index in [1.54, 1.807) is 13.8 Å². The van der Waals surface area contributed by atoms with Crippen LogP contribution in [0.25, 0.3) is 0 Å². The Bertz CT molecular complexity index is 299. The molecule has 1 fully saturated rings. The molecule has 0 aliphatic carbocycles. The first kappa shape index (κ1) is 14.9. The van der Waals surface area contributed by atoms with Crippen LogP contribution in [0, 0.1) is 5.92 Å². The number of piperidine rings is 1. The van der Waals surface area contributed by atoms with Gasteiger partial charge in [-0.3, -0.25) is 9.69 Å². The normalized spacial score (nSPS) is 19.8. The minimum atomic E-state index is -0.987. The van der Waals surface area contributed by atoms with Crippen molar-refractivity contribution in [2.24, 2.45) is 11.7 Å². The fraction of sp³-hybridized carbons (Fsp3) is 0.833. The third kappa shape index (κ3) is 4.62. The van der Waals surface area contributed by atoms with Gasteiger partial charge in [0.2, 0.25) is 5.91 Å². The van der Waals surface area contributed by atoms with Crippen LogP contribution in [0.2, 0.25) is 0 Å². The minimum absolute atomic E-state index is 0.124. The summed E-state index contributed by atoms with van der Waals surface area (Å²) in [7, 11) is 0. The van der Waals surface area contributed by atoms with Crippen molar-refractivity contribution < 1.29 is 14.7 Å². The Morgan fingerprint density at radius 3 is 2.39 bits per heavy atom. The SMILES string of the molecule is CC(C)C(NC(=O)CN1CCC(N)CC1)C(=O)O. The maximum atomic E-state index is 11.8. The number of carboxylic acids is 1. The third-order valence-corrected chi connectivity index (χ3v) is 3.25. The number of amides is 1. The molecule has 1 aliphatic rings. The van der Waals surface area contributed by atoms with E-state index >= 15 is 0 Å². The van der Waals surface area contributed by atoms with Gasteiger partial charge >= 0.3 is 5.97 Å². The zero-order valence-electron chi connectivity index (χ0n) is 11.1. The number of hydrogen-bond donors (Lipinski definition) is 3. The lowest BCUT2D eigenvalue weighted by molar-refractivity contribution is -0.143. The number of nitrogens with zero attached hydrogens (tertiary/aromatic N) is 1. The molecule has 0 bridgehead atoms. The average molecular weight is 257 g/mol. The van der Waals surface area contributed by atoms with Crippen LogP contribution < -0.4 is 11.1 Å². The summed E-state index contributed by atoms with van der Waals surface area (Å²) in [6, 6.07) is -0.587. The smallest absolute Gasteiger partial charge is 0.326 e. The zero-order chi connectivity index (χ0) is 13.7. The maximum absolute atomic E-state index is 11.8. The summed E-state index contributed by atoms with van der Waals surface area (Å²) >= 11 is 0. The summed E-state index contributed by atoms with van der Waals surface area (Å²) in [5.74, 6) is -1.34. The first-order valence-corrected chi connectivity index (χ1v) is 6.40. The van der Waals surface area contributed by atoms with Crippen LogP contribution >= 0.6 is 0 Å². The molecule has 0 aromatic heterocycles. The molecule has 6 heteroatoms. The van der Waals surface area contributed by atoms with Gasteiger partial charge in [-0.05, 0) is 18.8 Å². The first-order valence-electron chi connectivity index (χ1n) is 6.40. The summed E-state index contributed by atoms with van der Waals surface area (Å²) in [5.41, 5.74) is 5.78. The fourth-order valence-electron chi connectivity index (χ4n) is 2.05. The standard InChI is InChI=1S/C12H23N3O3/c1-8(2)11(12(17)18)14-10(16)7-15-5-3-9(13)4-6-15/h8-9,11H,3-7,13H2,1-2H3,(H,14,16)(H,17,18). The van der Waals surface area contributed by atoms with Crippen molar-refractivity contribution in [3.05, 3.63) is 0 Å². The summed E-state index contributed by atoms with van der Waals surface area (Å²) < 4.78 is 0. The number of nitrogens with one attached hydrogen (secondary N) is 1. The van der Waals surface area contributed by atoms with Gasteiger partial charge in [-0.25, -0.2) is 4.79 Å². The van der Waals surface area contributed by atoms with Crippen molar-refractivity contribution in [2.45, 2.75) is 38.8 Å². The second-order valence-corrected chi connectivity index (χ2v) is 5.24. The highest BCUT2D eigenvalue weighted by Crippen LogP contribution is 2.08. The molecule has 1 heterocycles. The molecule has 1 amide bonds. The number of likely N-dealkylation sites (tertiary alicyclic amines) is 1. The summed E-state index contributed by atoms with van der Waals surface area (Å²) in [5, 5.41) is 11.6. The van der Waals surface area contributed by atoms with E-state index in [4.69, 9.17) is 10.8 Å². The van der Waals surface area contributed by atoms with E-state index in [-0.39, 0.29) is 24.4 Å². The average Bonchev–Trinajstić information content (AvgIpc) is 2.28. The Balaban J connectivity index is 2.38. The van der Waals surface area contributed by atoms with Crippen LogP contribution in [0.4, 0.5) is 0 Å². The van der Waals surface area contributed by atoms with Crippen molar-refractivity contribution in [2.75, 3.05) is 19.6 Å². The zero-order valence-corrected chi connectivity index (χ0v) is 11.1. The lowest BCUT2D eigenvalue weighted by Crippen LogP contribution is -2.50. The highest BCUT2D eigenvalue weighted by molar-refractivity contribution is 5.84. The number of aliphatic carboxylic acids is 1. The van der Waals surface area contributed by atoms with Crippen molar-refractivity contribution in [1.29, 1.82) is 0 Å². The molecule has 0 saturated carbocycles. The molecule has 1 saturated heterocycles. The van der Waals surface area contributed by atoms with Crippen LogP contribution in [-0.2, 0) is 9.59 Å². The Kier molecular flexibility index (Phi) is 5.55. The number of carbonyl (C=O) groups excluding carboxylic acids is 1. The lowest BCUT2D eigenvalue weighted by atomic mass is 10.0. The van der Waals surface area contributed by atoms with Crippen molar-refractivity contribution >= 4 is 11.9 Å². The van der Waals surface area contributed by atoms with Gasteiger partial charge in [0.05, 0.1) is 6.54 Å². The number of nitrogens with two attached hydrogens (primary N) is 1. The van der Waals surface area contributed by atoms with Crippen LogP contribution in [0.1, 0.15) is 26.7 Å². The second-order valence-electron chi connectivity index (χ2n) is 5.24. The van der Waals surface area contributed by atoms with Crippen LogP contribution in [-0.4, -0.2) is 53.6 Å². The summed E-state index contributed by atoms with van der Waals surface area (Å²) in [6.45, 7) is 5.41. The number of carboxylic acid groups (broad SMARTS) is 1. The number of hydrogen-bond acceptors (Lipinski definition) is 4. The van der Waals surface area contributed by atoms with Gasteiger partial charge in [0.15, 0.2) is 0 Å². The third-order valence-electron chi connectivity index (χ3n) is 3.25. The van der Waals surface area contributed by atoms with Crippen molar-refractivity contribution in [3.63, 3.8) is 0 Å². The summed E-state index contributed by atoms with van der Waals surface area (Å²) in [4.78, 5) is 24.7. The predicted molar refractivity (Wildman–Crippen MR) is 68.1 cm³/mol. The fourth-order valence-corrected chi connectivity index (χ4v) is 2.05. The molecule has 18 heavy (non-hydrogen) atoms. The topological polar surface area (TPSA) is 95.7 Å². The molecule has 1 rings (SSSR count). The summed E-state index contributed by atoms with van der Waals surface area (Å²) in [6.07, 6.45) is 1.78. The molecular formula is C12H23N3O3. The van der Waals surface area contributed by atoms with E-state index < -0.39 is 12.0 Å². The Hall–Kier alpha value is -1.14. The van der Waals surface area contributed by atoms with Gasteiger partial charge in [0.25, 0.3) is 0 Å². The quantitative estimate of drug-likeness (QED) is 0.625. The van der Waals surface area contributed by atoms with Gasteiger partial charge in [-0.15, -0.1) is 0 Å². The molecule has 1 aliphatic heterocycles. The van der Waals surface area contributed by atoms with Gasteiger partial charge in [-0.2, -0.15) is 0 Å². The van der Waals surface area contributed by atoms with Crippen LogP contribution in [0.15, 0.2) is 0 Å². The molecule has 4 N–H and O–H groups in total. The Morgan fingerprint density at radius 1 is 1.39 bits per heavy atom. The molecule has 0 radical (unpaired) electrons. The van der Waals surface area contributed by atoms with Crippen molar-refractivity contribution in [1.82, 2.24) is 10.2 Å². The number of rotatable bonds is 5. The van der Waals surface area contributed by atoms with E-state index in [1.807, 2.05) is 4.90 Å². The van der Waals surface area contributed by atoms with E-state index in [0.29, 0.717) is 0 Å². The molecule has 104 valence electrons. The maximum Gasteiger partial charge on any atom is 0.326 e. The number of carbonyl (C=O) groups is 2. The van der Waals surface area contributed by atoms with E-state index in [0.717, 1.165) is 25.9 Å². The van der Waals surface area contributed by atoms with Crippen molar-refractivity contribution in [3.8, 4) is 0 Å². The van der Waals surface area contributed by atoms with Crippen LogP contribution in [0.5, 0.6) is 0 Å². The predicted octanol–water partition coefficient (Wildman–Crippen LogP) is -0.365. The van der Waals surface area contributed by atoms with E-state index in [9.17, 15) is 9.59 Å². The van der Waals surface area contributed by atoms with E-state index in [2.05, 4.69) is 5.32 Å². The Morgan fingerprint density at radius 2 is 1.94 bits per heavy atom. The molecule has 0 aromatic rings. The second kappa shape index (κ2) is 6.70. The molecule has 1 unspecified atom stereocenters. The highest BCUT2D eigenvalue weighted by Gasteiger charge is 2.25. The van der Waals surface area contributed by atoms with Gasteiger partial charge < -0.3 is 16.2 Å². The monoisotopic (exact) mass is 257 g/mol. The molecule has 6 nitrogen and oxygen atoms in total. The largest absolute Gasteiger partial charge is 0.480 e. The van der Waals surface area contributed by atoms with Gasteiger partial charge in [0.1, 0.15) is 6.04 Å². The highest BCUT2D eigenvalue weighted by atomic mass is 16.4. The van der Waals surface area contributed by atoms with Crippen LogP contribution in [0.3, 0.4) is 0 Å². The van der Waals surface area contributed by atoms with E-state index in [1.165, 1.54) is 0 Å². The molecule has 0 spiro atoms.